The second kappa shape index (κ2) is 5.99. The van der Waals surface area contributed by atoms with E-state index >= 15 is 0 Å². The number of pyridine rings is 1. The molecule has 0 aliphatic heterocycles. The molecule has 1 N–H and O–H groups in total. The third-order valence-corrected chi connectivity index (χ3v) is 3.17. The minimum atomic E-state index is -0.868. The first kappa shape index (κ1) is 13.8. The van der Waals surface area contributed by atoms with E-state index in [1.165, 1.54) is 25.4 Å². The number of hydrogen-bond donors (Lipinski definition) is 1. The lowest BCUT2D eigenvalue weighted by molar-refractivity contribution is 0.176. The quantitative estimate of drug-likeness (QED) is 0.936. The molecule has 1 unspecified atom stereocenters. The Morgan fingerprint density at radius 1 is 1.37 bits per heavy atom. The van der Waals surface area contributed by atoms with Crippen LogP contribution in [0.3, 0.4) is 0 Å². The summed E-state index contributed by atoms with van der Waals surface area (Å²) in [5.74, 6) is 0.0351. The van der Waals surface area contributed by atoms with E-state index in [1.807, 2.05) is 0 Å². The van der Waals surface area contributed by atoms with Gasteiger partial charge in [0.2, 0.25) is 5.88 Å². The van der Waals surface area contributed by atoms with Gasteiger partial charge in [-0.2, -0.15) is 0 Å². The van der Waals surface area contributed by atoms with Crippen molar-refractivity contribution in [2.45, 2.75) is 12.5 Å². The maximum Gasteiger partial charge on any atom is 0.212 e. The van der Waals surface area contributed by atoms with E-state index in [2.05, 4.69) is 4.98 Å². The van der Waals surface area contributed by atoms with Gasteiger partial charge in [-0.1, -0.05) is 17.7 Å². The van der Waals surface area contributed by atoms with Gasteiger partial charge in [-0.05, 0) is 23.8 Å². The Bertz CT molecular complexity index is 540. The second-order valence-electron chi connectivity index (χ2n) is 4.05. The molecule has 0 aliphatic carbocycles. The number of halogens is 2. The zero-order valence-corrected chi connectivity index (χ0v) is 11.1. The monoisotopic (exact) mass is 281 g/mol. The molecular weight excluding hydrogens is 269 g/mol. The van der Waals surface area contributed by atoms with Gasteiger partial charge < -0.3 is 9.84 Å². The number of hydrogen-bond acceptors (Lipinski definition) is 3. The van der Waals surface area contributed by atoms with Crippen LogP contribution in [0.15, 0.2) is 36.5 Å². The molecule has 0 saturated heterocycles. The maximum absolute atomic E-state index is 13.6. The van der Waals surface area contributed by atoms with Crippen molar-refractivity contribution in [2.24, 2.45) is 0 Å². The number of aromatic nitrogens is 1. The summed E-state index contributed by atoms with van der Waals surface area (Å²) in [4.78, 5) is 4.00. The molecule has 0 aliphatic rings. The second-order valence-corrected chi connectivity index (χ2v) is 4.46. The predicted octanol–water partition coefficient (Wildman–Crippen LogP) is 3.16. The molecular formula is C14H13ClFNO2. The van der Waals surface area contributed by atoms with Crippen LogP contribution in [0.1, 0.15) is 17.2 Å². The van der Waals surface area contributed by atoms with Crippen molar-refractivity contribution in [2.75, 3.05) is 7.11 Å². The fourth-order valence-corrected chi connectivity index (χ4v) is 1.99. The average molecular weight is 282 g/mol. The normalized spacial score (nSPS) is 12.2. The summed E-state index contributed by atoms with van der Waals surface area (Å²) < 4.78 is 18.5. The van der Waals surface area contributed by atoms with Gasteiger partial charge in [0.05, 0.1) is 13.2 Å². The molecule has 0 spiro atoms. The standard InChI is InChI=1S/C14H13ClFNO2/c1-19-14-6-5-9(8-17-14)13(18)7-10-11(15)3-2-4-12(10)16/h2-6,8,13,18H,7H2,1H3. The number of ether oxygens (including phenoxy) is 1. The molecule has 100 valence electrons. The van der Waals surface area contributed by atoms with Crippen molar-refractivity contribution in [1.29, 1.82) is 0 Å². The van der Waals surface area contributed by atoms with Crippen LogP contribution in [0.5, 0.6) is 5.88 Å². The van der Waals surface area contributed by atoms with Gasteiger partial charge in [-0.15, -0.1) is 0 Å². The Balaban J connectivity index is 2.18. The first-order valence-electron chi connectivity index (χ1n) is 5.72. The molecule has 0 radical (unpaired) electrons. The van der Waals surface area contributed by atoms with Crippen molar-refractivity contribution in [3.63, 3.8) is 0 Å². The van der Waals surface area contributed by atoms with Crippen LogP contribution in [-0.4, -0.2) is 17.2 Å². The zero-order valence-electron chi connectivity index (χ0n) is 10.3. The lowest BCUT2D eigenvalue weighted by Crippen LogP contribution is -2.05. The Hall–Kier alpha value is -1.65. The minimum Gasteiger partial charge on any atom is -0.481 e. The molecule has 2 aromatic rings. The van der Waals surface area contributed by atoms with E-state index in [0.29, 0.717) is 22.0 Å². The van der Waals surface area contributed by atoms with Crippen LogP contribution in [0, 0.1) is 5.82 Å². The van der Waals surface area contributed by atoms with Crippen LogP contribution >= 0.6 is 11.6 Å². The summed E-state index contributed by atoms with van der Waals surface area (Å²) in [5.41, 5.74) is 0.882. The summed E-state index contributed by atoms with van der Waals surface area (Å²) in [6, 6.07) is 7.77. The first-order valence-corrected chi connectivity index (χ1v) is 6.10. The van der Waals surface area contributed by atoms with Crippen molar-refractivity contribution in [3.05, 3.63) is 58.5 Å². The lowest BCUT2D eigenvalue weighted by Gasteiger charge is -2.12. The molecule has 2 rings (SSSR count). The maximum atomic E-state index is 13.6. The summed E-state index contributed by atoms with van der Waals surface area (Å²) in [7, 11) is 1.51. The van der Waals surface area contributed by atoms with Crippen LogP contribution in [0.2, 0.25) is 5.02 Å². The van der Waals surface area contributed by atoms with E-state index in [1.54, 1.807) is 18.2 Å². The average Bonchev–Trinajstić information content (AvgIpc) is 2.43. The highest BCUT2D eigenvalue weighted by molar-refractivity contribution is 6.31. The Morgan fingerprint density at radius 2 is 2.16 bits per heavy atom. The molecule has 0 bridgehead atoms. The van der Waals surface area contributed by atoms with Gasteiger partial charge >= 0.3 is 0 Å². The third-order valence-electron chi connectivity index (χ3n) is 2.81. The number of aliphatic hydroxyl groups excluding tert-OH is 1. The molecule has 0 fully saturated rings. The number of benzene rings is 1. The largest absolute Gasteiger partial charge is 0.481 e. The van der Waals surface area contributed by atoms with E-state index in [0.717, 1.165) is 0 Å². The van der Waals surface area contributed by atoms with Crippen LogP contribution in [0.25, 0.3) is 0 Å². The molecule has 1 heterocycles. The van der Waals surface area contributed by atoms with E-state index in [-0.39, 0.29) is 6.42 Å². The molecule has 1 aromatic heterocycles. The van der Waals surface area contributed by atoms with Gasteiger partial charge in [0.1, 0.15) is 5.82 Å². The fraction of sp³-hybridized carbons (Fsp3) is 0.214. The van der Waals surface area contributed by atoms with Gasteiger partial charge in [0, 0.05) is 29.3 Å². The summed E-state index contributed by atoms with van der Waals surface area (Å²) in [6.45, 7) is 0. The summed E-state index contributed by atoms with van der Waals surface area (Å²) in [6.07, 6.45) is 0.727. The number of methoxy groups -OCH3 is 1. The van der Waals surface area contributed by atoms with E-state index < -0.39 is 11.9 Å². The van der Waals surface area contributed by atoms with Crippen molar-refractivity contribution in [3.8, 4) is 5.88 Å². The van der Waals surface area contributed by atoms with Crippen molar-refractivity contribution >= 4 is 11.6 Å². The number of rotatable bonds is 4. The molecule has 1 aromatic carbocycles. The van der Waals surface area contributed by atoms with Crippen LogP contribution in [-0.2, 0) is 6.42 Å². The van der Waals surface area contributed by atoms with Crippen LogP contribution < -0.4 is 4.74 Å². The predicted molar refractivity (Wildman–Crippen MR) is 70.9 cm³/mol. The molecule has 0 amide bonds. The number of nitrogens with zero attached hydrogens (tertiary/aromatic N) is 1. The Labute approximate surface area is 115 Å². The van der Waals surface area contributed by atoms with Gasteiger partial charge in [0.25, 0.3) is 0 Å². The van der Waals surface area contributed by atoms with Crippen molar-refractivity contribution < 1.29 is 14.2 Å². The molecule has 5 heteroatoms. The van der Waals surface area contributed by atoms with E-state index in [4.69, 9.17) is 16.3 Å². The zero-order chi connectivity index (χ0) is 13.8. The highest BCUT2D eigenvalue weighted by atomic mass is 35.5. The topological polar surface area (TPSA) is 42.4 Å². The summed E-state index contributed by atoms with van der Waals surface area (Å²) in [5, 5.41) is 10.4. The van der Waals surface area contributed by atoms with Gasteiger partial charge in [-0.3, -0.25) is 0 Å². The number of aliphatic hydroxyl groups is 1. The third kappa shape index (κ3) is 3.22. The lowest BCUT2D eigenvalue weighted by atomic mass is 10.0. The highest BCUT2D eigenvalue weighted by Crippen LogP contribution is 2.25. The first-order chi connectivity index (χ1) is 9.11. The van der Waals surface area contributed by atoms with Gasteiger partial charge in [0.15, 0.2) is 0 Å². The molecule has 1 atom stereocenters. The van der Waals surface area contributed by atoms with Crippen molar-refractivity contribution in [1.82, 2.24) is 4.98 Å². The minimum absolute atomic E-state index is 0.0967. The SMILES string of the molecule is COc1ccc(C(O)Cc2c(F)cccc2Cl)cn1. The molecule has 19 heavy (non-hydrogen) atoms. The van der Waals surface area contributed by atoms with Gasteiger partial charge in [-0.25, -0.2) is 9.37 Å². The van der Waals surface area contributed by atoms with Crippen LogP contribution in [0.4, 0.5) is 4.39 Å². The summed E-state index contributed by atoms with van der Waals surface area (Å²) >= 11 is 5.92. The fourth-order valence-electron chi connectivity index (χ4n) is 1.75. The molecule has 0 saturated carbocycles. The highest BCUT2D eigenvalue weighted by Gasteiger charge is 2.14. The Morgan fingerprint density at radius 3 is 2.74 bits per heavy atom. The Kier molecular flexibility index (Phi) is 4.35. The smallest absolute Gasteiger partial charge is 0.212 e. The molecule has 3 nitrogen and oxygen atoms in total. The van der Waals surface area contributed by atoms with E-state index in [9.17, 15) is 9.50 Å².